The highest BCUT2D eigenvalue weighted by molar-refractivity contribution is 7.16. The number of benzene rings is 4. The third-order valence-electron chi connectivity index (χ3n) is 24.9. The van der Waals surface area contributed by atoms with Crippen LogP contribution >= 0.6 is 22.7 Å². The molecule has 3 atom stereocenters. The van der Waals surface area contributed by atoms with Crippen LogP contribution in [0.5, 0.6) is 0 Å². The molecule has 3 fully saturated rings. The third kappa shape index (κ3) is 19.9. The fraction of sp³-hybridized carbons (Fsp3) is 0.284. The van der Waals surface area contributed by atoms with Crippen LogP contribution in [0.1, 0.15) is 54.1 Å². The number of hydrogen-bond donors (Lipinski definition) is 6. The minimum atomic E-state index is -1.10. The lowest BCUT2D eigenvalue weighted by Gasteiger charge is -2.30. The summed E-state index contributed by atoms with van der Waals surface area (Å²) in [6, 6.07) is 36.7. The molecule has 14 aromatic rings. The normalized spacial score (nSPS) is 18.8. The molecule has 6 aliphatic heterocycles. The molecule has 6 amide bonds. The monoisotopic (exact) mass is 1830 g/mol. The van der Waals surface area contributed by atoms with Crippen molar-refractivity contribution in [1.82, 2.24) is 105 Å². The average Bonchev–Trinajstić information content (AvgIpc) is 1.68. The zero-order valence-electron chi connectivity index (χ0n) is 72.7. The van der Waals surface area contributed by atoms with E-state index in [0.717, 1.165) is 77.1 Å². The molecule has 33 nitrogen and oxygen atoms in total. The number of hydrogen-bond acceptors (Lipinski definition) is 26. The molecule has 133 heavy (non-hydrogen) atoms. The van der Waals surface area contributed by atoms with E-state index >= 15 is 0 Å². The Kier molecular flexibility index (Phi) is 26.5. The zero-order valence-corrected chi connectivity index (χ0v) is 74.3. The number of H-pyrrole nitrogens is 3. The Morgan fingerprint density at radius 2 is 0.767 bits per heavy atom. The summed E-state index contributed by atoms with van der Waals surface area (Å²) in [7, 11) is 4.58. The second-order valence-corrected chi connectivity index (χ2v) is 34.9. The van der Waals surface area contributed by atoms with Gasteiger partial charge in [0.15, 0.2) is 28.5 Å². The van der Waals surface area contributed by atoms with E-state index in [1.54, 1.807) is 108 Å². The molecule has 0 unspecified atom stereocenters. The molecule has 0 spiro atoms. The van der Waals surface area contributed by atoms with E-state index in [4.69, 9.17) is 14.2 Å². The van der Waals surface area contributed by atoms with Crippen LogP contribution in [0.3, 0.4) is 0 Å². The van der Waals surface area contributed by atoms with Crippen molar-refractivity contribution in [2.45, 2.75) is 55.3 Å². The number of nitrogens with one attached hydrogen (secondary N) is 6. The number of halogens is 3. The van der Waals surface area contributed by atoms with Gasteiger partial charge < -0.3 is 44.9 Å². The molecule has 20 rings (SSSR count). The molecule has 4 aromatic carbocycles. The summed E-state index contributed by atoms with van der Waals surface area (Å²) in [5.74, 6) is -1.13. The van der Waals surface area contributed by atoms with Crippen LogP contribution in [0.25, 0.3) is 105 Å². The fourth-order valence-electron chi connectivity index (χ4n) is 17.4. The van der Waals surface area contributed by atoms with E-state index in [1.807, 2.05) is 83.3 Å². The largest absolute Gasteiger partial charge is 0.367 e. The van der Waals surface area contributed by atoms with Crippen molar-refractivity contribution in [3.63, 3.8) is 0 Å². The van der Waals surface area contributed by atoms with Gasteiger partial charge in [-0.25, -0.2) is 44.9 Å². The van der Waals surface area contributed by atoms with Crippen molar-refractivity contribution in [2.24, 2.45) is 0 Å². The first-order chi connectivity index (χ1) is 64.7. The second kappa shape index (κ2) is 39.4. The van der Waals surface area contributed by atoms with Gasteiger partial charge in [-0.2, -0.15) is 28.5 Å². The van der Waals surface area contributed by atoms with Gasteiger partial charge in [0, 0.05) is 216 Å². The summed E-state index contributed by atoms with van der Waals surface area (Å²) in [5, 5.41) is 37.1. The number of anilines is 3. The number of carbonyl (C=O) groups excluding carboxylic acids is 6. The number of aromatic nitrogens is 15. The van der Waals surface area contributed by atoms with Crippen molar-refractivity contribution in [3.8, 4) is 55.9 Å². The lowest BCUT2D eigenvalue weighted by atomic mass is 9.98. The molecule has 678 valence electrons. The molecule has 38 heteroatoms. The Morgan fingerprint density at radius 1 is 0.398 bits per heavy atom. The number of nitrogens with zero attached hydrogens (tertiary/aromatic N) is 18. The number of fused-ring (bicyclic) bond motifs is 3. The Balaban J connectivity index is 0.000000134. The van der Waals surface area contributed by atoms with Crippen molar-refractivity contribution in [1.29, 1.82) is 0 Å². The van der Waals surface area contributed by atoms with Gasteiger partial charge in [0.2, 0.25) is 35.6 Å². The standard InChI is InChI=1S/C35H33FN8O3.C32H30FN9O3S.C28H28FN7O3S/c1-47-35(34(46)40-27-8-9-29-28(19-27)32(42-41-29)26-7-10-30(36)39-20-26)13-18-43(22-35)21-31(45)44-16-11-24(12-17-44)23-3-5-25(6-4-23)33-37-14-2-15-38-33;1-45-32(31(44)38-22-4-5-24-23(15-22)28(40-39-24)21-3-6-26(33)36-16-21)9-14-41(19-32)18-27(43)42-12-7-20(8-13-42)30-37-17-25(46-30)29-34-10-2-11-35-29;1-39-28(8-12-35(17-28)16-24(37)36-10-6-18(7-11-36)26-30-9-13-40-26)27(38)32-20-3-4-22-21(14-20)25(34-33-22)19-2-5-23(29)31-15-19/h2-11,14-15,19-20H,12-13,16-18,21-22H2,1H3,(H,40,46)(H,41,42);2-7,10-11,15-17H,8-9,12-14,18-19H2,1H3,(H,38,44)(H,39,40);2-6,9,13-15H,7-8,10-12,16-17H2,1H3,(H,32,38)(H,33,34)/t35-;32-;28-/m000/s1. The number of aromatic amines is 3. The first-order valence-electron chi connectivity index (χ1n) is 43.2. The SMILES string of the molecule is CO[C@@]1(C(=O)Nc2ccc3[nH]nc(-c4ccc(F)nc4)c3c2)CCN(CC(=O)N2CC=C(c3ccc(-c4ncccn4)cc3)CC2)C1.CO[C@@]1(C(=O)Nc2ccc3[nH]nc(-c4ccc(F)nc4)c3c2)CCN(CC(=O)N2CC=C(c3ncc(-c4ncccn4)s3)CC2)C1.CO[C@@]1(C(=O)Nc2ccc3[nH]nc(-c4ccc(F)nc4)c3c2)CCN(CC(=O)N2CC=C(c3nccs3)CC2)C1. The summed E-state index contributed by atoms with van der Waals surface area (Å²) >= 11 is 3.16. The highest BCUT2D eigenvalue weighted by Gasteiger charge is 2.49. The van der Waals surface area contributed by atoms with Gasteiger partial charge in [-0.1, -0.05) is 42.5 Å². The molecule has 10 aromatic heterocycles. The maximum absolute atomic E-state index is 13.6. The summed E-state index contributed by atoms with van der Waals surface area (Å²) in [6.07, 6.45) is 24.6. The highest BCUT2D eigenvalue weighted by Crippen LogP contribution is 2.38. The number of ether oxygens (including phenoxy) is 3. The summed E-state index contributed by atoms with van der Waals surface area (Å²) in [6.45, 7) is 6.70. The van der Waals surface area contributed by atoms with Crippen LogP contribution in [0, 0.1) is 17.8 Å². The minimum Gasteiger partial charge on any atom is -0.367 e. The molecular formula is C95H91F3N24O9S2. The molecule has 0 aliphatic carbocycles. The first-order valence-corrected chi connectivity index (χ1v) is 44.9. The van der Waals surface area contributed by atoms with E-state index in [0.29, 0.717) is 167 Å². The molecule has 6 aliphatic rings. The Morgan fingerprint density at radius 3 is 1.12 bits per heavy atom. The zero-order chi connectivity index (χ0) is 91.7. The number of likely N-dealkylation sites (tertiary alicyclic amines) is 3. The van der Waals surface area contributed by atoms with Gasteiger partial charge >= 0.3 is 0 Å². The van der Waals surface area contributed by atoms with E-state index in [9.17, 15) is 41.9 Å². The number of rotatable bonds is 23. The van der Waals surface area contributed by atoms with Gasteiger partial charge in [-0.3, -0.25) is 58.8 Å². The molecule has 3 saturated heterocycles. The average molecular weight is 1830 g/mol. The number of carbonyl (C=O) groups is 6. The van der Waals surface area contributed by atoms with Gasteiger partial charge in [0.25, 0.3) is 17.7 Å². The van der Waals surface area contributed by atoms with Crippen LogP contribution in [0.4, 0.5) is 30.2 Å². The van der Waals surface area contributed by atoms with Gasteiger partial charge in [0.1, 0.15) is 27.1 Å². The van der Waals surface area contributed by atoms with Gasteiger partial charge in [0.05, 0.1) is 41.1 Å². The molecule has 0 bridgehead atoms. The quantitative estimate of drug-likeness (QED) is 0.0324. The predicted molar refractivity (Wildman–Crippen MR) is 496 cm³/mol. The smallest absolute Gasteiger partial charge is 0.258 e. The number of amides is 6. The Hall–Kier alpha value is -14.3. The third-order valence-corrected chi connectivity index (χ3v) is 26.8. The summed E-state index contributed by atoms with van der Waals surface area (Å²) in [4.78, 5) is 130. The summed E-state index contributed by atoms with van der Waals surface area (Å²) < 4.78 is 57.4. The van der Waals surface area contributed by atoms with Crippen LogP contribution in [-0.4, -0.2) is 277 Å². The van der Waals surface area contributed by atoms with Crippen molar-refractivity contribution < 1.29 is 56.1 Å². The molecule has 0 radical (unpaired) electrons. The summed E-state index contributed by atoms with van der Waals surface area (Å²) in [5.41, 5.74) is 10.1. The van der Waals surface area contributed by atoms with Crippen LogP contribution in [0.15, 0.2) is 207 Å². The maximum atomic E-state index is 13.6. The van der Waals surface area contributed by atoms with E-state index in [2.05, 4.69) is 122 Å². The maximum Gasteiger partial charge on any atom is 0.258 e. The van der Waals surface area contributed by atoms with Crippen LogP contribution in [0.2, 0.25) is 0 Å². The molecular weight excluding hydrogens is 1740 g/mol. The van der Waals surface area contributed by atoms with Crippen molar-refractivity contribution in [2.75, 3.05) is 135 Å². The van der Waals surface area contributed by atoms with Crippen molar-refractivity contribution >= 4 is 125 Å². The van der Waals surface area contributed by atoms with E-state index < -0.39 is 34.6 Å². The number of methoxy groups -OCH3 is 3. The topological polar surface area (TPSA) is 388 Å². The Labute approximate surface area is 768 Å². The van der Waals surface area contributed by atoms with Gasteiger partial charge in [-0.05, 0) is 164 Å². The molecule has 16 heterocycles. The predicted octanol–water partition coefficient (Wildman–Crippen LogP) is 12.2. The van der Waals surface area contributed by atoms with Crippen LogP contribution in [-0.2, 0) is 43.0 Å². The number of thiazole rings is 2. The molecule has 0 saturated carbocycles. The van der Waals surface area contributed by atoms with Crippen molar-refractivity contribution in [3.05, 3.63) is 240 Å². The molecule has 6 N–H and O–H groups in total. The highest BCUT2D eigenvalue weighted by atomic mass is 32.1. The van der Waals surface area contributed by atoms with Crippen LogP contribution < -0.4 is 16.0 Å². The number of pyridine rings is 3. The van der Waals surface area contributed by atoms with E-state index in [-0.39, 0.29) is 55.1 Å². The lowest BCUT2D eigenvalue weighted by Crippen LogP contribution is -2.48. The van der Waals surface area contributed by atoms with Gasteiger partial charge in [-0.15, -0.1) is 22.7 Å². The fourth-order valence-corrected chi connectivity index (χ4v) is 19.0. The van der Waals surface area contributed by atoms with E-state index in [1.165, 1.54) is 69.3 Å². The minimum absolute atomic E-state index is 0.00773. The second-order valence-electron chi connectivity index (χ2n) is 33.0. The first kappa shape index (κ1) is 89.3. The Bertz CT molecular complexity index is 6710. The lowest BCUT2D eigenvalue weighted by molar-refractivity contribution is -0.138.